The average molecular weight is 340 g/mol. The van der Waals surface area contributed by atoms with E-state index in [0.717, 1.165) is 11.1 Å². The van der Waals surface area contributed by atoms with Crippen molar-refractivity contribution >= 4 is 11.6 Å². The molecule has 1 aliphatic rings. The van der Waals surface area contributed by atoms with E-state index in [0.29, 0.717) is 24.7 Å². The molecule has 7 nitrogen and oxygen atoms in total. The van der Waals surface area contributed by atoms with Gasteiger partial charge in [0.1, 0.15) is 5.69 Å². The number of hydrogen-bond acceptors (Lipinski definition) is 5. The first-order valence-corrected chi connectivity index (χ1v) is 7.90. The third-order valence-corrected chi connectivity index (χ3v) is 4.44. The van der Waals surface area contributed by atoms with Crippen LogP contribution in [0.15, 0.2) is 48.0 Å². The minimum Gasteiger partial charge on any atom is -0.481 e. The Morgan fingerprint density at radius 3 is 2.88 bits per heavy atom. The maximum absolute atomic E-state index is 12.3. The summed E-state index contributed by atoms with van der Waals surface area (Å²) in [5, 5.41) is 0. The summed E-state index contributed by atoms with van der Waals surface area (Å²) in [6.07, 6.45) is 4.64. The van der Waals surface area contributed by atoms with Gasteiger partial charge >= 0.3 is 0 Å². The number of pyridine rings is 2. The second-order valence-corrected chi connectivity index (χ2v) is 5.90. The number of hydrogen-bond donors (Lipinski definition) is 1. The SMILES string of the molecule is C=CC(=O)N1CC(N(C)c2cc(-c3ccnc(OC)c3)c[nH]c2=O)C1. The van der Waals surface area contributed by atoms with Gasteiger partial charge in [0.25, 0.3) is 5.56 Å². The van der Waals surface area contributed by atoms with Gasteiger partial charge in [-0.1, -0.05) is 6.58 Å². The van der Waals surface area contributed by atoms with Crippen LogP contribution in [-0.4, -0.2) is 54.1 Å². The molecule has 0 atom stereocenters. The van der Waals surface area contributed by atoms with Crippen molar-refractivity contribution in [2.45, 2.75) is 6.04 Å². The first-order valence-electron chi connectivity index (χ1n) is 7.90. The summed E-state index contributed by atoms with van der Waals surface area (Å²) in [7, 11) is 3.42. The Bertz CT molecular complexity index is 855. The quantitative estimate of drug-likeness (QED) is 0.830. The molecule has 2 aromatic heterocycles. The number of nitrogens with one attached hydrogen (secondary N) is 1. The Morgan fingerprint density at radius 2 is 2.20 bits per heavy atom. The second-order valence-electron chi connectivity index (χ2n) is 5.90. The minimum atomic E-state index is -0.166. The molecule has 1 N–H and O–H groups in total. The fraction of sp³-hybridized carbons (Fsp3) is 0.278. The highest BCUT2D eigenvalue weighted by atomic mass is 16.5. The number of carbonyl (C=O) groups is 1. The Morgan fingerprint density at radius 1 is 1.44 bits per heavy atom. The van der Waals surface area contributed by atoms with E-state index in [1.165, 1.54) is 6.08 Å². The zero-order valence-electron chi connectivity index (χ0n) is 14.2. The van der Waals surface area contributed by atoms with Crippen LogP contribution >= 0.6 is 0 Å². The maximum Gasteiger partial charge on any atom is 0.271 e. The molecule has 1 aliphatic heterocycles. The van der Waals surface area contributed by atoms with Crippen molar-refractivity contribution in [2.24, 2.45) is 0 Å². The number of amides is 1. The number of carbonyl (C=O) groups excluding carboxylic acids is 1. The molecule has 1 fully saturated rings. The lowest BCUT2D eigenvalue weighted by Crippen LogP contribution is -2.60. The number of anilines is 1. The fourth-order valence-corrected chi connectivity index (χ4v) is 2.81. The van der Waals surface area contributed by atoms with E-state index >= 15 is 0 Å². The smallest absolute Gasteiger partial charge is 0.271 e. The lowest BCUT2D eigenvalue weighted by Gasteiger charge is -2.44. The predicted octanol–water partition coefficient (Wildman–Crippen LogP) is 1.28. The molecular formula is C18H20N4O3. The van der Waals surface area contributed by atoms with Gasteiger partial charge in [-0.15, -0.1) is 0 Å². The highest BCUT2D eigenvalue weighted by molar-refractivity contribution is 5.87. The van der Waals surface area contributed by atoms with Crippen LogP contribution in [0.5, 0.6) is 5.88 Å². The maximum atomic E-state index is 12.3. The van der Waals surface area contributed by atoms with Crippen molar-refractivity contribution < 1.29 is 9.53 Å². The summed E-state index contributed by atoms with van der Waals surface area (Å²) in [6.45, 7) is 4.64. The van der Waals surface area contributed by atoms with Gasteiger partial charge in [-0.05, 0) is 23.8 Å². The molecule has 3 heterocycles. The van der Waals surface area contributed by atoms with Crippen LogP contribution in [0.4, 0.5) is 5.69 Å². The molecule has 0 aromatic carbocycles. The molecule has 1 saturated heterocycles. The fourth-order valence-electron chi connectivity index (χ4n) is 2.81. The van der Waals surface area contributed by atoms with Crippen LogP contribution in [0.1, 0.15) is 0 Å². The van der Waals surface area contributed by atoms with Crippen molar-refractivity contribution in [1.29, 1.82) is 0 Å². The Balaban J connectivity index is 1.84. The van der Waals surface area contributed by atoms with Gasteiger partial charge in [0.05, 0.1) is 13.2 Å². The van der Waals surface area contributed by atoms with Gasteiger partial charge in [-0.2, -0.15) is 0 Å². The van der Waals surface area contributed by atoms with Crippen LogP contribution in [0.2, 0.25) is 0 Å². The van der Waals surface area contributed by atoms with Crippen molar-refractivity contribution in [3.8, 4) is 17.0 Å². The third kappa shape index (κ3) is 3.26. The molecule has 1 amide bonds. The van der Waals surface area contributed by atoms with E-state index in [-0.39, 0.29) is 17.5 Å². The van der Waals surface area contributed by atoms with Crippen LogP contribution in [0.3, 0.4) is 0 Å². The lowest BCUT2D eigenvalue weighted by atomic mass is 10.1. The highest BCUT2D eigenvalue weighted by Crippen LogP contribution is 2.25. The van der Waals surface area contributed by atoms with Crippen molar-refractivity contribution in [2.75, 3.05) is 32.1 Å². The third-order valence-electron chi connectivity index (χ3n) is 4.44. The van der Waals surface area contributed by atoms with Gasteiger partial charge in [-0.25, -0.2) is 4.98 Å². The van der Waals surface area contributed by atoms with Crippen molar-refractivity contribution in [1.82, 2.24) is 14.9 Å². The van der Waals surface area contributed by atoms with Crippen LogP contribution in [-0.2, 0) is 4.79 Å². The molecular weight excluding hydrogens is 320 g/mol. The lowest BCUT2D eigenvalue weighted by molar-refractivity contribution is -0.130. The molecule has 0 radical (unpaired) electrons. The van der Waals surface area contributed by atoms with E-state index in [2.05, 4.69) is 16.5 Å². The van der Waals surface area contributed by atoms with E-state index in [9.17, 15) is 9.59 Å². The molecule has 3 rings (SSSR count). The second kappa shape index (κ2) is 6.80. The number of likely N-dealkylation sites (tertiary alicyclic amines) is 1. The van der Waals surface area contributed by atoms with Gasteiger partial charge < -0.3 is 19.5 Å². The zero-order chi connectivity index (χ0) is 18.0. The largest absolute Gasteiger partial charge is 0.481 e. The Hall–Kier alpha value is -3.09. The predicted molar refractivity (Wildman–Crippen MR) is 95.8 cm³/mol. The minimum absolute atomic E-state index is 0.0869. The van der Waals surface area contributed by atoms with Crippen molar-refractivity contribution in [3.05, 3.63) is 53.6 Å². The number of nitrogens with zero attached hydrogens (tertiary/aromatic N) is 3. The standard InChI is InChI=1S/C18H20N4O3/c1-4-17(23)22-10-14(11-22)21(2)15-7-13(9-20-18(15)24)12-5-6-19-16(8-12)25-3/h4-9,14H,1,10-11H2,2-3H3,(H,20,24). The summed E-state index contributed by atoms with van der Waals surface area (Å²) in [5.41, 5.74) is 2.15. The van der Waals surface area contributed by atoms with Gasteiger partial charge in [0.2, 0.25) is 11.8 Å². The van der Waals surface area contributed by atoms with Gasteiger partial charge in [0, 0.05) is 44.2 Å². The number of ether oxygens (including phenoxy) is 1. The van der Waals surface area contributed by atoms with Gasteiger partial charge in [-0.3, -0.25) is 9.59 Å². The summed E-state index contributed by atoms with van der Waals surface area (Å²) in [6, 6.07) is 5.61. The monoisotopic (exact) mass is 340 g/mol. The summed E-state index contributed by atoms with van der Waals surface area (Å²) in [4.78, 5) is 34.3. The number of methoxy groups -OCH3 is 1. The summed E-state index contributed by atoms with van der Waals surface area (Å²) >= 11 is 0. The number of likely N-dealkylation sites (N-methyl/N-ethyl adjacent to an activating group) is 1. The Kier molecular flexibility index (Phi) is 4.56. The molecule has 130 valence electrons. The topological polar surface area (TPSA) is 78.5 Å². The molecule has 25 heavy (non-hydrogen) atoms. The molecule has 0 unspecified atom stereocenters. The van der Waals surface area contributed by atoms with Crippen LogP contribution < -0.4 is 15.2 Å². The number of rotatable bonds is 5. The average Bonchev–Trinajstić information content (AvgIpc) is 2.60. The van der Waals surface area contributed by atoms with E-state index in [1.54, 1.807) is 24.4 Å². The van der Waals surface area contributed by atoms with E-state index in [1.807, 2.05) is 30.1 Å². The van der Waals surface area contributed by atoms with E-state index in [4.69, 9.17) is 4.74 Å². The van der Waals surface area contributed by atoms with Crippen molar-refractivity contribution in [3.63, 3.8) is 0 Å². The Labute approximate surface area is 145 Å². The highest BCUT2D eigenvalue weighted by Gasteiger charge is 2.33. The van der Waals surface area contributed by atoms with E-state index < -0.39 is 0 Å². The zero-order valence-corrected chi connectivity index (χ0v) is 14.2. The first kappa shape index (κ1) is 16.8. The normalized spacial score (nSPS) is 13.9. The molecule has 7 heteroatoms. The number of H-pyrrole nitrogens is 1. The molecule has 0 spiro atoms. The number of aromatic nitrogens is 2. The summed E-state index contributed by atoms with van der Waals surface area (Å²) < 4.78 is 5.15. The number of aromatic amines is 1. The molecule has 0 bridgehead atoms. The van der Waals surface area contributed by atoms with Crippen LogP contribution in [0, 0.1) is 0 Å². The first-order chi connectivity index (χ1) is 12.0. The summed E-state index contributed by atoms with van der Waals surface area (Å²) in [5.74, 6) is 0.423. The van der Waals surface area contributed by atoms with Gasteiger partial charge in [0.15, 0.2) is 0 Å². The van der Waals surface area contributed by atoms with Crippen LogP contribution in [0.25, 0.3) is 11.1 Å². The molecule has 0 aliphatic carbocycles. The molecule has 2 aromatic rings. The molecule has 0 saturated carbocycles.